The summed E-state index contributed by atoms with van der Waals surface area (Å²) in [6.07, 6.45) is 5.46. The lowest BCUT2D eigenvalue weighted by Crippen LogP contribution is -2.31. The highest BCUT2D eigenvalue weighted by molar-refractivity contribution is 5.94. The van der Waals surface area contributed by atoms with E-state index in [0.717, 1.165) is 42.1 Å². The van der Waals surface area contributed by atoms with Crippen molar-refractivity contribution in [1.82, 2.24) is 25.1 Å². The van der Waals surface area contributed by atoms with Crippen molar-refractivity contribution in [2.75, 3.05) is 13.2 Å². The van der Waals surface area contributed by atoms with Gasteiger partial charge in [0.25, 0.3) is 5.91 Å². The van der Waals surface area contributed by atoms with Gasteiger partial charge in [-0.15, -0.1) is 10.2 Å². The molecule has 1 fully saturated rings. The molecule has 0 aliphatic carbocycles. The minimum atomic E-state index is -0.0742. The Labute approximate surface area is 157 Å². The molecule has 7 nitrogen and oxygen atoms in total. The number of aromatic nitrogens is 4. The molecule has 138 valence electrons. The van der Waals surface area contributed by atoms with Gasteiger partial charge in [-0.05, 0) is 49.6 Å². The van der Waals surface area contributed by atoms with Crippen LogP contribution < -0.4 is 5.32 Å². The quantitative estimate of drug-likeness (QED) is 0.753. The highest BCUT2D eigenvalue weighted by Crippen LogP contribution is 2.24. The molecule has 1 aliphatic rings. The zero-order valence-electron chi connectivity index (χ0n) is 15.1. The molecule has 0 saturated carbocycles. The predicted molar refractivity (Wildman–Crippen MR) is 101 cm³/mol. The number of hydrogen-bond donors (Lipinski definition) is 1. The van der Waals surface area contributed by atoms with E-state index in [4.69, 9.17) is 4.74 Å². The van der Waals surface area contributed by atoms with E-state index >= 15 is 0 Å². The molecule has 0 bridgehead atoms. The fraction of sp³-hybridized carbons (Fsp3) is 0.300. The molecular weight excluding hydrogens is 342 g/mol. The van der Waals surface area contributed by atoms with Crippen LogP contribution in [0, 0.1) is 6.92 Å². The molecule has 3 aromatic rings. The van der Waals surface area contributed by atoms with Crippen LogP contribution in [0.4, 0.5) is 0 Å². The van der Waals surface area contributed by atoms with E-state index < -0.39 is 0 Å². The van der Waals surface area contributed by atoms with E-state index in [-0.39, 0.29) is 12.0 Å². The number of benzene rings is 1. The van der Waals surface area contributed by atoms with Crippen molar-refractivity contribution in [3.8, 4) is 16.9 Å². The Morgan fingerprint density at radius 1 is 1.19 bits per heavy atom. The first-order valence-electron chi connectivity index (χ1n) is 9.03. The molecule has 3 heterocycles. The van der Waals surface area contributed by atoms with Crippen LogP contribution in [0.5, 0.6) is 0 Å². The van der Waals surface area contributed by atoms with Crippen molar-refractivity contribution in [3.63, 3.8) is 0 Å². The second kappa shape index (κ2) is 7.67. The van der Waals surface area contributed by atoms with Crippen molar-refractivity contribution < 1.29 is 9.53 Å². The van der Waals surface area contributed by atoms with E-state index in [1.165, 1.54) is 0 Å². The lowest BCUT2D eigenvalue weighted by Gasteiger charge is -2.11. The second-order valence-electron chi connectivity index (χ2n) is 6.59. The Balaban J connectivity index is 1.46. The van der Waals surface area contributed by atoms with Gasteiger partial charge >= 0.3 is 0 Å². The predicted octanol–water partition coefficient (Wildman–Crippen LogP) is 2.55. The number of carbonyl (C=O) groups excluding carboxylic acids is 1. The summed E-state index contributed by atoms with van der Waals surface area (Å²) in [5, 5.41) is 10.5. The Morgan fingerprint density at radius 2 is 1.96 bits per heavy atom. The van der Waals surface area contributed by atoms with Crippen molar-refractivity contribution in [3.05, 3.63) is 60.3 Å². The van der Waals surface area contributed by atoms with Gasteiger partial charge in [-0.25, -0.2) is 4.98 Å². The smallest absolute Gasteiger partial charge is 0.251 e. The first kappa shape index (κ1) is 17.4. The lowest BCUT2D eigenvalue weighted by atomic mass is 10.0. The van der Waals surface area contributed by atoms with Crippen LogP contribution in [-0.2, 0) is 4.74 Å². The molecule has 4 rings (SSSR count). The van der Waals surface area contributed by atoms with Gasteiger partial charge in [0.2, 0.25) is 0 Å². The molecular formula is C20H21N5O2. The highest BCUT2D eigenvalue weighted by atomic mass is 16.5. The second-order valence-corrected chi connectivity index (χ2v) is 6.59. The molecule has 2 aromatic heterocycles. The number of nitrogens with zero attached hydrogens (tertiary/aromatic N) is 4. The van der Waals surface area contributed by atoms with Gasteiger partial charge in [0.05, 0.1) is 6.10 Å². The SMILES string of the molecule is Cc1nc(-n2cnnc2)ccc1-c1ccc(C(=O)NC[C@@H]2CCCO2)cc1. The van der Waals surface area contributed by atoms with Crippen LogP contribution in [-0.4, -0.2) is 44.9 Å². The maximum Gasteiger partial charge on any atom is 0.251 e. The number of carbonyl (C=O) groups is 1. The van der Waals surface area contributed by atoms with E-state index in [9.17, 15) is 4.79 Å². The maximum atomic E-state index is 12.3. The molecule has 1 amide bonds. The Morgan fingerprint density at radius 3 is 2.63 bits per heavy atom. The third kappa shape index (κ3) is 3.88. The fourth-order valence-corrected chi connectivity index (χ4v) is 3.23. The molecule has 1 aromatic carbocycles. The number of hydrogen-bond acceptors (Lipinski definition) is 5. The van der Waals surface area contributed by atoms with Gasteiger partial charge in [-0.2, -0.15) is 0 Å². The van der Waals surface area contributed by atoms with Gasteiger partial charge in [-0.3, -0.25) is 9.36 Å². The van der Waals surface area contributed by atoms with Crippen LogP contribution in [0.1, 0.15) is 28.9 Å². The molecule has 27 heavy (non-hydrogen) atoms. The van der Waals surface area contributed by atoms with E-state index in [1.807, 2.05) is 43.3 Å². The molecule has 0 radical (unpaired) electrons. The number of ether oxygens (including phenoxy) is 1. The number of rotatable bonds is 5. The van der Waals surface area contributed by atoms with Crippen molar-refractivity contribution >= 4 is 5.91 Å². The maximum absolute atomic E-state index is 12.3. The third-order valence-electron chi connectivity index (χ3n) is 4.73. The van der Waals surface area contributed by atoms with Gasteiger partial charge < -0.3 is 10.1 Å². The summed E-state index contributed by atoms with van der Waals surface area (Å²) in [6, 6.07) is 11.5. The highest BCUT2D eigenvalue weighted by Gasteiger charge is 2.16. The van der Waals surface area contributed by atoms with Gasteiger partial charge in [0, 0.05) is 30.0 Å². The molecule has 1 N–H and O–H groups in total. The van der Waals surface area contributed by atoms with Gasteiger partial charge in [0.1, 0.15) is 18.5 Å². The average Bonchev–Trinajstić information content (AvgIpc) is 3.40. The van der Waals surface area contributed by atoms with Crippen LogP contribution in [0.15, 0.2) is 49.1 Å². The minimum absolute atomic E-state index is 0.0742. The van der Waals surface area contributed by atoms with E-state index in [0.29, 0.717) is 12.1 Å². The summed E-state index contributed by atoms with van der Waals surface area (Å²) < 4.78 is 7.30. The fourth-order valence-electron chi connectivity index (χ4n) is 3.23. The van der Waals surface area contributed by atoms with Crippen molar-refractivity contribution in [2.24, 2.45) is 0 Å². The van der Waals surface area contributed by atoms with Crippen LogP contribution in [0.25, 0.3) is 16.9 Å². The van der Waals surface area contributed by atoms with E-state index in [2.05, 4.69) is 20.5 Å². The van der Waals surface area contributed by atoms with Gasteiger partial charge in [-0.1, -0.05) is 12.1 Å². The Kier molecular flexibility index (Phi) is 4.93. The molecule has 0 spiro atoms. The number of pyridine rings is 1. The number of aryl methyl sites for hydroxylation is 1. The van der Waals surface area contributed by atoms with Crippen LogP contribution in [0.2, 0.25) is 0 Å². The summed E-state index contributed by atoms with van der Waals surface area (Å²) in [5.74, 6) is 0.696. The zero-order valence-corrected chi connectivity index (χ0v) is 15.1. The monoisotopic (exact) mass is 363 g/mol. The average molecular weight is 363 g/mol. The molecule has 1 saturated heterocycles. The standard InChI is InChI=1S/C20H21N5O2/c1-14-18(8-9-19(24-14)25-12-22-23-13-25)15-4-6-16(7-5-15)20(26)21-11-17-3-2-10-27-17/h4-9,12-13,17H,2-3,10-11H2,1H3,(H,21,26)/t17-/m0/s1. The third-order valence-corrected chi connectivity index (χ3v) is 4.73. The first-order valence-corrected chi connectivity index (χ1v) is 9.03. The Hall–Kier alpha value is -3.06. The summed E-state index contributed by atoms with van der Waals surface area (Å²) in [6.45, 7) is 3.32. The summed E-state index contributed by atoms with van der Waals surface area (Å²) >= 11 is 0. The zero-order chi connectivity index (χ0) is 18.6. The topological polar surface area (TPSA) is 81.9 Å². The van der Waals surface area contributed by atoms with Crippen molar-refractivity contribution in [1.29, 1.82) is 0 Å². The van der Waals surface area contributed by atoms with E-state index in [1.54, 1.807) is 17.2 Å². The van der Waals surface area contributed by atoms with Crippen LogP contribution >= 0.6 is 0 Å². The Bertz CT molecular complexity index is 916. The largest absolute Gasteiger partial charge is 0.376 e. The molecule has 1 atom stereocenters. The first-order chi connectivity index (χ1) is 13.2. The number of amides is 1. The molecule has 0 unspecified atom stereocenters. The molecule has 1 aliphatic heterocycles. The lowest BCUT2D eigenvalue weighted by molar-refractivity contribution is 0.0858. The van der Waals surface area contributed by atoms with Gasteiger partial charge in [0.15, 0.2) is 0 Å². The molecule has 7 heteroatoms. The minimum Gasteiger partial charge on any atom is -0.376 e. The van der Waals surface area contributed by atoms with Crippen LogP contribution in [0.3, 0.4) is 0 Å². The summed E-state index contributed by atoms with van der Waals surface area (Å²) in [7, 11) is 0. The van der Waals surface area contributed by atoms with Crippen molar-refractivity contribution in [2.45, 2.75) is 25.9 Å². The normalized spacial score (nSPS) is 16.4. The summed E-state index contributed by atoms with van der Waals surface area (Å²) in [4.78, 5) is 16.9. The number of nitrogens with one attached hydrogen (secondary N) is 1. The summed E-state index contributed by atoms with van der Waals surface area (Å²) in [5.41, 5.74) is 3.59.